The van der Waals surface area contributed by atoms with Crippen molar-refractivity contribution in [2.75, 3.05) is 4.90 Å². The van der Waals surface area contributed by atoms with Crippen LogP contribution in [0.3, 0.4) is 0 Å². The van der Waals surface area contributed by atoms with Crippen LogP contribution in [0.25, 0.3) is 71.7 Å². The van der Waals surface area contributed by atoms with Crippen molar-refractivity contribution in [3.63, 3.8) is 0 Å². The third-order valence-corrected chi connectivity index (χ3v) is 9.94. The maximum atomic E-state index is 6.59. The Labute approximate surface area is 295 Å². The SMILES string of the molecule is c1ccc(N(c2ccccc2)c2cc(-c3ccc4c5ccccc5n(-c5ccccc5)c4c3)cc(-c3cccc4c3oc3ccccc34)c2)cc1. The van der Waals surface area contributed by atoms with Crippen LogP contribution < -0.4 is 4.90 Å². The van der Waals surface area contributed by atoms with Gasteiger partial charge in [-0.05, 0) is 89.5 Å². The zero-order chi connectivity index (χ0) is 33.7. The summed E-state index contributed by atoms with van der Waals surface area (Å²) >= 11 is 0. The van der Waals surface area contributed by atoms with E-state index < -0.39 is 0 Å². The number of furan rings is 1. The van der Waals surface area contributed by atoms with Crippen LogP contribution >= 0.6 is 0 Å². The van der Waals surface area contributed by atoms with Gasteiger partial charge in [-0.15, -0.1) is 0 Å². The molecule has 0 radical (unpaired) electrons. The summed E-state index contributed by atoms with van der Waals surface area (Å²) < 4.78 is 8.98. The van der Waals surface area contributed by atoms with Gasteiger partial charge in [-0.25, -0.2) is 0 Å². The van der Waals surface area contributed by atoms with Crippen LogP contribution in [0.5, 0.6) is 0 Å². The molecule has 240 valence electrons. The molecule has 3 heteroatoms. The number of aromatic nitrogens is 1. The molecule has 3 nitrogen and oxygen atoms in total. The first-order chi connectivity index (χ1) is 25.3. The number of hydrogen-bond donors (Lipinski definition) is 0. The lowest BCUT2D eigenvalue weighted by Gasteiger charge is -2.26. The number of nitrogens with zero attached hydrogens (tertiary/aromatic N) is 2. The lowest BCUT2D eigenvalue weighted by molar-refractivity contribution is 0.670. The Hall–Kier alpha value is -6.84. The minimum atomic E-state index is 0.894. The van der Waals surface area contributed by atoms with Gasteiger partial charge < -0.3 is 13.9 Å². The van der Waals surface area contributed by atoms with Gasteiger partial charge in [0, 0.05) is 49.9 Å². The molecular weight excluding hydrogens is 621 g/mol. The highest BCUT2D eigenvalue weighted by atomic mass is 16.3. The molecular formula is C48H32N2O. The Morgan fingerprint density at radius 3 is 1.75 bits per heavy atom. The molecule has 0 fully saturated rings. The molecule has 0 aliphatic carbocycles. The largest absolute Gasteiger partial charge is 0.455 e. The second-order valence-corrected chi connectivity index (χ2v) is 13.0. The number of rotatable bonds is 6. The third-order valence-electron chi connectivity index (χ3n) is 9.94. The summed E-state index contributed by atoms with van der Waals surface area (Å²) in [5.41, 5.74) is 13.0. The van der Waals surface area contributed by atoms with Crippen molar-refractivity contribution < 1.29 is 4.42 Å². The molecule has 0 atom stereocenters. The van der Waals surface area contributed by atoms with E-state index >= 15 is 0 Å². The molecule has 0 spiro atoms. The lowest BCUT2D eigenvalue weighted by atomic mass is 9.95. The molecule has 10 aromatic rings. The van der Waals surface area contributed by atoms with Crippen molar-refractivity contribution in [3.05, 3.63) is 194 Å². The first-order valence-electron chi connectivity index (χ1n) is 17.4. The fourth-order valence-electron chi connectivity index (χ4n) is 7.64. The first-order valence-corrected chi connectivity index (χ1v) is 17.4. The molecule has 0 saturated heterocycles. The van der Waals surface area contributed by atoms with Crippen molar-refractivity contribution in [3.8, 4) is 27.9 Å². The number of hydrogen-bond acceptors (Lipinski definition) is 2. The fraction of sp³-hybridized carbons (Fsp3) is 0. The number of benzene rings is 8. The molecule has 0 unspecified atom stereocenters. The maximum absolute atomic E-state index is 6.59. The minimum absolute atomic E-state index is 0.894. The Morgan fingerprint density at radius 1 is 0.373 bits per heavy atom. The second-order valence-electron chi connectivity index (χ2n) is 13.0. The van der Waals surface area contributed by atoms with Gasteiger partial charge in [0.15, 0.2) is 0 Å². The maximum Gasteiger partial charge on any atom is 0.143 e. The summed E-state index contributed by atoms with van der Waals surface area (Å²) in [7, 11) is 0. The third kappa shape index (κ3) is 4.90. The molecule has 10 rings (SSSR count). The van der Waals surface area contributed by atoms with E-state index in [0.717, 1.165) is 66.9 Å². The van der Waals surface area contributed by atoms with Crippen LogP contribution in [0, 0.1) is 0 Å². The van der Waals surface area contributed by atoms with Gasteiger partial charge in [0.1, 0.15) is 11.2 Å². The zero-order valence-electron chi connectivity index (χ0n) is 27.8. The van der Waals surface area contributed by atoms with E-state index in [1.54, 1.807) is 0 Å². The van der Waals surface area contributed by atoms with Crippen molar-refractivity contribution in [1.29, 1.82) is 0 Å². The summed E-state index contributed by atoms with van der Waals surface area (Å²) in [4.78, 5) is 2.34. The van der Waals surface area contributed by atoms with E-state index in [0.29, 0.717) is 0 Å². The van der Waals surface area contributed by atoms with Gasteiger partial charge in [0.2, 0.25) is 0 Å². The molecule has 51 heavy (non-hydrogen) atoms. The highest BCUT2D eigenvalue weighted by Crippen LogP contribution is 2.43. The van der Waals surface area contributed by atoms with Gasteiger partial charge in [-0.2, -0.15) is 0 Å². The molecule has 2 heterocycles. The van der Waals surface area contributed by atoms with E-state index in [9.17, 15) is 0 Å². The van der Waals surface area contributed by atoms with E-state index in [1.165, 1.54) is 21.8 Å². The topological polar surface area (TPSA) is 21.3 Å². The normalized spacial score (nSPS) is 11.5. The van der Waals surface area contributed by atoms with Gasteiger partial charge >= 0.3 is 0 Å². The smallest absolute Gasteiger partial charge is 0.143 e. The Kier molecular flexibility index (Phi) is 6.81. The summed E-state index contributed by atoms with van der Waals surface area (Å²) in [6.07, 6.45) is 0. The Morgan fingerprint density at radius 2 is 0.980 bits per heavy atom. The summed E-state index contributed by atoms with van der Waals surface area (Å²) in [5, 5.41) is 4.72. The van der Waals surface area contributed by atoms with Crippen molar-refractivity contribution in [2.45, 2.75) is 0 Å². The van der Waals surface area contributed by atoms with Crippen LogP contribution in [0.4, 0.5) is 17.1 Å². The molecule has 8 aromatic carbocycles. The lowest BCUT2D eigenvalue weighted by Crippen LogP contribution is -2.10. The number of anilines is 3. The Bertz CT molecular complexity index is 2810. The average molecular weight is 653 g/mol. The minimum Gasteiger partial charge on any atom is -0.455 e. The number of para-hydroxylation sites is 6. The molecule has 0 N–H and O–H groups in total. The quantitative estimate of drug-likeness (QED) is 0.178. The summed E-state index contributed by atoms with van der Waals surface area (Å²) in [6, 6.07) is 69.2. The summed E-state index contributed by atoms with van der Waals surface area (Å²) in [6.45, 7) is 0. The van der Waals surface area contributed by atoms with Crippen molar-refractivity contribution in [1.82, 2.24) is 4.57 Å². The predicted octanol–water partition coefficient (Wildman–Crippen LogP) is 13.5. The molecule has 0 aliphatic heterocycles. The first kappa shape index (κ1) is 29.1. The van der Waals surface area contributed by atoms with Crippen LogP contribution in [-0.2, 0) is 0 Å². The van der Waals surface area contributed by atoms with Gasteiger partial charge in [0.25, 0.3) is 0 Å². The second kappa shape index (κ2) is 11.9. The van der Waals surface area contributed by atoms with E-state index in [4.69, 9.17) is 4.42 Å². The zero-order valence-corrected chi connectivity index (χ0v) is 27.8. The number of fused-ring (bicyclic) bond motifs is 6. The average Bonchev–Trinajstić information content (AvgIpc) is 3.75. The van der Waals surface area contributed by atoms with Gasteiger partial charge in [-0.3, -0.25) is 0 Å². The van der Waals surface area contributed by atoms with Gasteiger partial charge in [0.05, 0.1) is 11.0 Å². The van der Waals surface area contributed by atoms with Crippen LogP contribution in [0.1, 0.15) is 0 Å². The molecule has 2 aromatic heterocycles. The molecule has 0 aliphatic rings. The molecule has 0 saturated carbocycles. The standard InChI is InChI=1S/C48H32N2O/c1-4-15-36(16-5-1)49(37-17-6-2-7-18-37)39-30-34(29-35(31-39)40-23-14-24-44-43-22-11-13-26-47(43)51-48(40)44)33-27-28-42-41-21-10-12-25-45(41)50(46(42)32-33)38-19-8-3-9-20-38/h1-32H. The van der Waals surface area contributed by atoms with Crippen LogP contribution in [0.2, 0.25) is 0 Å². The van der Waals surface area contributed by atoms with E-state index in [-0.39, 0.29) is 0 Å². The summed E-state index contributed by atoms with van der Waals surface area (Å²) in [5.74, 6) is 0. The molecule has 0 bridgehead atoms. The van der Waals surface area contributed by atoms with Crippen molar-refractivity contribution in [2.24, 2.45) is 0 Å². The van der Waals surface area contributed by atoms with Crippen LogP contribution in [0.15, 0.2) is 199 Å². The van der Waals surface area contributed by atoms with Crippen LogP contribution in [-0.4, -0.2) is 4.57 Å². The monoisotopic (exact) mass is 652 g/mol. The highest BCUT2D eigenvalue weighted by molar-refractivity contribution is 6.11. The van der Waals surface area contributed by atoms with Crippen molar-refractivity contribution >= 4 is 60.8 Å². The van der Waals surface area contributed by atoms with E-state index in [1.807, 2.05) is 6.07 Å². The molecule has 0 amide bonds. The van der Waals surface area contributed by atoms with E-state index in [2.05, 4.69) is 198 Å². The highest BCUT2D eigenvalue weighted by Gasteiger charge is 2.19. The van der Waals surface area contributed by atoms with Gasteiger partial charge in [-0.1, -0.05) is 121 Å². The predicted molar refractivity (Wildman–Crippen MR) is 214 cm³/mol. The fourth-order valence-corrected chi connectivity index (χ4v) is 7.64. The Balaban J connectivity index is 1.25.